The number of hydrogen-bond acceptors (Lipinski definition) is 2. The second-order valence-corrected chi connectivity index (χ2v) is 4.36. The minimum absolute atomic E-state index is 0.616. The molecule has 0 aromatic heterocycles. The van der Waals surface area contributed by atoms with Gasteiger partial charge < -0.3 is 4.74 Å². The standard InChI is InChI=1S/C17H17NO/c1-2-3-12-19-17-11-7-10-15(16(17)13-18)14-8-5-4-6-9-14/h4-11H,2-3,12H2,1H3. The maximum Gasteiger partial charge on any atom is 0.137 e. The molecule has 0 unspecified atom stereocenters. The van der Waals surface area contributed by atoms with Gasteiger partial charge in [0.05, 0.1) is 6.61 Å². The fourth-order valence-electron chi connectivity index (χ4n) is 1.95. The largest absolute Gasteiger partial charge is 0.492 e. The zero-order valence-corrected chi connectivity index (χ0v) is 11.1. The first kappa shape index (κ1) is 13.2. The summed E-state index contributed by atoms with van der Waals surface area (Å²) >= 11 is 0. The number of rotatable bonds is 5. The molecule has 0 heterocycles. The van der Waals surface area contributed by atoms with Crippen molar-refractivity contribution in [1.29, 1.82) is 5.26 Å². The minimum atomic E-state index is 0.616. The quantitative estimate of drug-likeness (QED) is 0.738. The lowest BCUT2D eigenvalue weighted by atomic mass is 10.00. The van der Waals surface area contributed by atoms with Crippen LogP contribution in [0, 0.1) is 11.3 Å². The van der Waals surface area contributed by atoms with E-state index in [-0.39, 0.29) is 0 Å². The van der Waals surface area contributed by atoms with E-state index in [9.17, 15) is 5.26 Å². The first-order valence-electron chi connectivity index (χ1n) is 6.58. The third kappa shape index (κ3) is 3.14. The van der Waals surface area contributed by atoms with E-state index in [4.69, 9.17) is 4.74 Å². The highest BCUT2D eigenvalue weighted by Crippen LogP contribution is 2.30. The lowest BCUT2D eigenvalue weighted by Gasteiger charge is -2.11. The number of hydrogen-bond donors (Lipinski definition) is 0. The highest BCUT2D eigenvalue weighted by atomic mass is 16.5. The third-order valence-corrected chi connectivity index (χ3v) is 2.98. The SMILES string of the molecule is CCCCOc1cccc(-c2ccccc2)c1C#N. The first-order valence-corrected chi connectivity index (χ1v) is 6.58. The van der Waals surface area contributed by atoms with Crippen LogP contribution in [-0.4, -0.2) is 6.61 Å². The molecule has 0 aliphatic heterocycles. The average molecular weight is 251 g/mol. The van der Waals surface area contributed by atoms with Crippen molar-refractivity contribution in [3.63, 3.8) is 0 Å². The predicted molar refractivity (Wildman–Crippen MR) is 77.0 cm³/mol. The normalized spacial score (nSPS) is 9.89. The van der Waals surface area contributed by atoms with Crippen LogP contribution in [0.25, 0.3) is 11.1 Å². The molecule has 2 heteroatoms. The number of benzene rings is 2. The van der Waals surface area contributed by atoms with Crippen LogP contribution in [0.15, 0.2) is 48.5 Å². The fraction of sp³-hybridized carbons (Fsp3) is 0.235. The second-order valence-electron chi connectivity index (χ2n) is 4.36. The smallest absolute Gasteiger partial charge is 0.137 e. The Morgan fingerprint density at radius 3 is 2.53 bits per heavy atom. The Hall–Kier alpha value is -2.27. The van der Waals surface area contributed by atoms with Gasteiger partial charge in [-0.15, -0.1) is 0 Å². The molecule has 0 spiro atoms. The number of nitriles is 1. The second kappa shape index (κ2) is 6.61. The molecular formula is C17H17NO. The summed E-state index contributed by atoms with van der Waals surface area (Å²) in [6.45, 7) is 2.78. The van der Waals surface area contributed by atoms with Crippen LogP contribution in [0.3, 0.4) is 0 Å². The van der Waals surface area contributed by atoms with Crippen molar-refractivity contribution < 1.29 is 4.74 Å². The van der Waals surface area contributed by atoms with Crippen molar-refractivity contribution in [3.8, 4) is 22.9 Å². The Kier molecular flexibility index (Phi) is 4.58. The summed E-state index contributed by atoms with van der Waals surface area (Å²) in [4.78, 5) is 0. The molecule has 0 saturated heterocycles. The monoisotopic (exact) mass is 251 g/mol. The fourth-order valence-corrected chi connectivity index (χ4v) is 1.95. The molecule has 96 valence electrons. The van der Waals surface area contributed by atoms with E-state index in [1.807, 2.05) is 48.5 Å². The molecule has 2 aromatic rings. The summed E-state index contributed by atoms with van der Waals surface area (Å²) in [5.74, 6) is 0.678. The van der Waals surface area contributed by atoms with Crippen LogP contribution in [0.5, 0.6) is 5.75 Å². The lowest BCUT2D eigenvalue weighted by molar-refractivity contribution is 0.308. The van der Waals surface area contributed by atoms with E-state index in [1.165, 1.54) is 0 Å². The molecule has 0 radical (unpaired) electrons. The first-order chi connectivity index (χ1) is 9.36. The van der Waals surface area contributed by atoms with Gasteiger partial charge >= 0.3 is 0 Å². The van der Waals surface area contributed by atoms with Gasteiger partial charge in [0.1, 0.15) is 17.4 Å². The Bertz CT molecular complexity index is 570. The molecule has 0 amide bonds. The van der Waals surface area contributed by atoms with Crippen molar-refractivity contribution in [2.24, 2.45) is 0 Å². The van der Waals surface area contributed by atoms with Gasteiger partial charge in [0.25, 0.3) is 0 Å². The third-order valence-electron chi connectivity index (χ3n) is 2.98. The molecule has 2 nitrogen and oxygen atoms in total. The molecule has 0 fully saturated rings. The van der Waals surface area contributed by atoms with E-state index >= 15 is 0 Å². The Morgan fingerprint density at radius 2 is 1.84 bits per heavy atom. The van der Waals surface area contributed by atoms with E-state index in [2.05, 4.69) is 13.0 Å². The highest BCUT2D eigenvalue weighted by Gasteiger charge is 2.10. The van der Waals surface area contributed by atoms with Crippen molar-refractivity contribution >= 4 is 0 Å². The number of ether oxygens (including phenoxy) is 1. The van der Waals surface area contributed by atoms with E-state index in [0.29, 0.717) is 17.9 Å². The van der Waals surface area contributed by atoms with Crippen LogP contribution >= 0.6 is 0 Å². The summed E-state index contributed by atoms with van der Waals surface area (Å²) in [5, 5.41) is 9.39. The Balaban J connectivity index is 2.35. The average Bonchev–Trinajstić information content (AvgIpc) is 2.48. The summed E-state index contributed by atoms with van der Waals surface area (Å²) in [6.07, 6.45) is 2.08. The molecule has 0 aliphatic rings. The van der Waals surface area contributed by atoms with Crippen molar-refractivity contribution in [1.82, 2.24) is 0 Å². The molecule has 0 N–H and O–H groups in total. The molecule has 2 aromatic carbocycles. The predicted octanol–water partition coefficient (Wildman–Crippen LogP) is 4.40. The van der Waals surface area contributed by atoms with Crippen molar-refractivity contribution in [3.05, 3.63) is 54.1 Å². The van der Waals surface area contributed by atoms with Crippen molar-refractivity contribution in [2.45, 2.75) is 19.8 Å². The molecule has 19 heavy (non-hydrogen) atoms. The number of unbranched alkanes of at least 4 members (excludes halogenated alkanes) is 1. The zero-order valence-electron chi connectivity index (χ0n) is 11.1. The highest BCUT2D eigenvalue weighted by molar-refractivity contribution is 5.73. The van der Waals surface area contributed by atoms with Gasteiger partial charge in [-0.3, -0.25) is 0 Å². The van der Waals surface area contributed by atoms with E-state index in [0.717, 1.165) is 24.0 Å². The Labute approximate surface area is 114 Å². The van der Waals surface area contributed by atoms with Gasteiger partial charge in [-0.2, -0.15) is 5.26 Å². The summed E-state index contributed by atoms with van der Waals surface area (Å²) in [7, 11) is 0. The van der Waals surface area contributed by atoms with Crippen LogP contribution in [0.1, 0.15) is 25.3 Å². The molecule has 0 atom stereocenters. The summed E-state index contributed by atoms with van der Waals surface area (Å²) in [5.41, 5.74) is 2.59. The summed E-state index contributed by atoms with van der Waals surface area (Å²) in [6, 6.07) is 17.9. The maximum absolute atomic E-state index is 9.39. The molecule has 0 bridgehead atoms. The van der Waals surface area contributed by atoms with E-state index in [1.54, 1.807) is 0 Å². The molecule has 0 aliphatic carbocycles. The van der Waals surface area contributed by atoms with Gasteiger partial charge in [0.2, 0.25) is 0 Å². The lowest BCUT2D eigenvalue weighted by Crippen LogP contribution is -1.99. The van der Waals surface area contributed by atoms with Crippen LogP contribution in [0.2, 0.25) is 0 Å². The van der Waals surface area contributed by atoms with Crippen LogP contribution in [0.4, 0.5) is 0 Å². The van der Waals surface area contributed by atoms with Crippen molar-refractivity contribution in [2.75, 3.05) is 6.61 Å². The Morgan fingerprint density at radius 1 is 1.05 bits per heavy atom. The molecular weight excluding hydrogens is 234 g/mol. The van der Waals surface area contributed by atoms with Gasteiger partial charge in [0, 0.05) is 5.56 Å². The van der Waals surface area contributed by atoms with Gasteiger partial charge in [-0.25, -0.2) is 0 Å². The summed E-state index contributed by atoms with van der Waals surface area (Å²) < 4.78 is 5.71. The maximum atomic E-state index is 9.39. The van der Waals surface area contributed by atoms with E-state index < -0.39 is 0 Å². The number of nitrogens with zero attached hydrogens (tertiary/aromatic N) is 1. The molecule has 2 rings (SSSR count). The van der Waals surface area contributed by atoms with Crippen LogP contribution < -0.4 is 4.74 Å². The van der Waals surface area contributed by atoms with Crippen LogP contribution in [-0.2, 0) is 0 Å². The zero-order chi connectivity index (χ0) is 13.5. The van der Waals surface area contributed by atoms with Gasteiger partial charge in [-0.1, -0.05) is 55.8 Å². The van der Waals surface area contributed by atoms with Gasteiger partial charge in [-0.05, 0) is 18.1 Å². The van der Waals surface area contributed by atoms with Gasteiger partial charge in [0.15, 0.2) is 0 Å². The minimum Gasteiger partial charge on any atom is -0.492 e. The topological polar surface area (TPSA) is 33.0 Å². The molecule has 0 saturated carbocycles.